The van der Waals surface area contributed by atoms with Gasteiger partial charge in [-0.05, 0) is 25.5 Å². The Morgan fingerprint density at radius 3 is 2.66 bits per heavy atom. The van der Waals surface area contributed by atoms with E-state index in [-0.39, 0.29) is 24.0 Å². The number of nitrogens with one attached hydrogen (secondary N) is 2. The molecule has 2 N–H and O–H groups in total. The SMILES string of the molecule is CN=C(NCCCn1c(C)nc2ccccc21)NCCc1csc(C(C)C)n1.I. The van der Waals surface area contributed by atoms with E-state index in [9.17, 15) is 0 Å². The Bertz CT molecular complexity index is 930. The number of para-hydroxylation sites is 2. The van der Waals surface area contributed by atoms with Crippen molar-refractivity contribution in [2.75, 3.05) is 20.1 Å². The Labute approximate surface area is 194 Å². The number of aromatic nitrogens is 3. The van der Waals surface area contributed by atoms with Gasteiger partial charge in [0, 0.05) is 44.4 Å². The fourth-order valence-electron chi connectivity index (χ4n) is 3.15. The van der Waals surface area contributed by atoms with Crippen LogP contribution >= 0.6 is 35.3 Å². The van der Waals surface area contributed by atoms with Gasteiger partial charge in [-0.3, -0.25) is 4.99 Å². The molecule has 0 fully saturated rings. The van der Waals surface area contributed by atoms with Gasteiger partial charge in [-0.2, -0.15) is 0 Å². The summed E-state index contributed by atoms with van der Waals surface area (Å²) in [5.74, 6) is 2.40. The number of halogens is 1. The molecule has 0 aliphatic rings. The topological polar surface area (TPSA) is 67.1 Å². The summed E-state index contributed by atoms with van der Waals surface area (Å²) in [5, 5.41) is 10.1. The van der Waals surface area contributed by atoms with E-state index in [4.69, 9.17) is 0 Å². The third-order valence-electron chi connectivity index (χ3n) is 4.66. The van der Waals surface area contributed by atoms with Crippen molar-refractivity contribution in [2.24, 2.45) is 4.99 Å². The molecule has 0 amide bonds. The number of guanidine groups is 1. The number of aryl methyl sites for hydroxylation is 2. The molecule has 0 bridgehead atoms. The minimum Gasteiger partial charge on any atom is -0.356 e. The lowest BCUT2D eigenvalue weighted by atomic mass is 10.2. The van der Waals surface area contributed by atoms with Gasteiger partial charge in [0.15, 0.2) is 5.96 Å². The highest BCUT2D eigenvalue weighted by atomic mass is 127. The average Bonchev–Trinajstić information content (AvgIpc) is 3.28. The lowest BCUT2D eigenvalue weighted by Crippen LogP contribution is -2.39. The molecule has 0 saturated heterocycles. The molecule has 0 spiro atoms. The minimum absolute atomic E-state index is 0. The summed E-state index contributed by atoms with van der Waals surface area (Å²) in [6.45, 7) is 9.05. The van der Waals surface area contributed by atoms with E-state index >= 15 is 0 Å². The number of thiazole rings is 1. The summed E-state index contributed by atoms with van der Waals surface area (Å²) in [7, 11) is 1.81. The largest absolute Gasteiger partial charge is 0.356 e. The van der Waals surface area contributed by atoms with Crippen molar-refractivity contribution in [3.63, 3.8) is 0 Å². The van der Waals surface area contributed by atoms with Crippen LogP contribution in [0.15, 0.2) is 34.6 Å². The highest BCUT2D eigenvalue weighted by molar-refractivity contribution is 14.0. The smallest absolute Gasteiger partial charge is 0.190 e. The molecule has 6 nitrogen and oxygen atoms in total. The Hall–Kier alpha value is -1.68. The standard InChI is InChI=1S/C21H30N6S.HI/c1-15(2)20-26-17(14-28-20)10-12-24-21(22-4)23-11-7-13-27-16(3)25-18-8-5-6-9-19(18)27;/h5-6,8-9,14-15H,7,10-13H2,1-4H3,(H2,22,23,24);1H. The summed E-state index contributed by atoms with van der Waals surface area (Å²) >= 11 is 1.75. The molecule has 1 aromatic carbocycles. The molecule has 0 atom stereocenters. The summed E-state index contributed by atoms with van der Waals surface area (Å²) in [6.07, 6.45) is 1.91. The monoisotopic (exact) mass is 526 g/mol. The Morgan fingerprint density at radius 2 is 1.93 bits per heavy atom. The molecule has 0 unspecified atom stereocenters. The van der Waals surface area contributed by atoms with Crippen LogP contribution in [0.1, 0.15) is 42.7 Å². The quantitative estimate of drug-likeness (QED) is 0.198. The highest BCUT2D eigenvalue weighted by Crippen LogP contribution is 2.19. The maximum atomic E-state index is 4.68. The Balaban J connectivity index is 0.00000300. The van der Waals surface area contributed by atoms with E-state index in [2.05, 4.69) is 74.5 Å². The van der Waals surface area contributed by atoms with Crippen molar-refractivity contribution in [2.45, 2.75) is 46.1 Å². The van der Waals surface area contributed by atoms with Crippen LogP contribution in [0.25, 0.3) is 11.0 Å². The summed E-state index contributed by atoms with van der Waals surface area (Å²) in [4.78, 5) is 13.6. The number of hydrogen-bond donors (Lipinski definition) is 2. The molecule has 0 radical (unpaired) electrons. The molecule has 3 rings (SSSR count). The van der Waals surface area contributed by atoms with Crippen LogP contribution in [-0.4, -0.2) is 40.6 Å². The minimum atomic E-state index is 0. The normalized spacial score (nSPS) is 11.7. The van der Waals surface area contributed by atoms with Crippen LogP contribution in [0.4, 0.5) is 0 Å². The maximum absolute atomic E-state index is 4.68. The van der Waals surface area contributed by atoms with Crippen LogP contribution in [0, 0.1) is 6.92 Å². The van der Waals surface area contributed by atoms with Gasteiger partial charge < -0.3 is 15.2 Å². The van der Waals surface area contributed by atoms with Crippen molar-refractivity contribution in [3.05, 3.63) is 46.2 Å². The molecule has 8 heteroatoms. The summed E-state index contributed by atoms with van der Waals surface area (Å²) < 4.78 is 2.28. The predicted molar refractivity (Wildman–Crippen MR) is 134 cm³/mol. The first kappa shape index (κ1) is 23.6. The second kappa shape index (κ2) is 11.5. The van der Waals surface area contributed by atoms with Crippen molar-refractivity contribution in [1.82, 2.24) is 25.2 Å². The van der Waals surface area contributed by atoms with E-state index in [0.717, 1.165) is 55.5 Å². The van der Waals surface area contributed by atoms with Gasteiger partial charge in [-0.25, -0.2) is 9.97 Å². The zero-order valence-electron chi connectivity index (χ0n) is 17.6. The van der Waals surface area contributed by atoms with E-state index in [1.54, 1.807) is 11.3 Å². The van der Waals surface area contributed by atoms with Crippen LogP contribution in [0.2, 0.25) is 0 Å². The van der Waals surface area contributed by atoms with E-state index in [1.165, 1.54) is 10.5 Å². The number of nitrogens with zero attached hydrogens (tertiary/aromatic N) is 4. The van der Waals surface area contributed by atoms with E-state index in [0.29, 0.717) is 5.92 Å². The molecule has 158 valence electrons. The molecule has 3 aromatic rings. The molecule has 0 saturated carbocycles. The van der Waals surface area contributed by atoms with Crippen LogP contribution in [0.5, 0.6) is 0 Å². The van der Waals surface area contributed by atoms with Crippen LogP contribution in [0.3, 0.4) is 0 Å². The van der Waals surface area contributed by atoms with Gasteiger partial charge in [0.25, 0.3) is 0 Å². The number of imidazole rings is 1. The van der Waals surface area contributed by atoms with Crippen molar-refractivity contribution in [1.29, 1.82) is 0 Å². The van der Waals surface area contributed by atoms with Crippen molar-refractivity contribution < 1.29 is 0 Å². The van der Waals surface area contributed by atoms with Gasteiger partial charge >= 0.3 is 0 Å². The third-order valence-corrected chi connectivity index (χ3v) is 5.85. The third kappa shape index (κ3) is 6.40. The summed E-state index contributed by atoms with van der Waals surface area (Å²) in [6, 6.07) is 8.30. The van der Waals surface area contributed by atoms with E-state index < -0.39 is 0 Å². The molecular weight excluding hydrogens is 495 g/mol. The lowest BCUT2D eigenvalue weighted by Gasteiger charge is -2.12. The zero-order chi connectivity index (χ0) is 19.9. The van der Waals surface area contributed by atoms with Gasteiger partial charge in [0.1, 0.15) is 5.82 Å². The molecule has 0 aliphatic carbocycles. The van der Waals surface area contributed by atoms with Gasteiger partial charge in [-0.1, -0.05) is 26.0 Å². The van der Waals surface area contributed by atoms with Gasteiger partial charge in [0.2, 0.25) is 0 Å². The number of hydrogen-bond acceptors (Lipinski definition) is 4. The fourth-order valence-corrected chi connectivity index (χ4v) is 4.02. The highest BCUT2D eigenvalue weighted by Gasteiger charge is 2.07. The first-order chi connectivity index (χ1) is 13.6. The number of aliphatic imine (C=N–C) groups is 1. The molecule has 2 heterocycles. The Kier molecular flexibility index (Phi) is 9.35. The van der Waals surface area contributed by atoms with Gasteiger partial charge in [-0.15, -0.1) is 35.3 Å². The lowest BCUT2D eigenvalue weighted by molar-refractivity contribution is 0.624. The van der Waals surface area contributed by atoms with Crippen LogP contribution in [-0.2, 0) is 13.0 Å². The number of rotatable bonds is 8. The maximum Gasteiger partial charge on any atom is 0.190 e. The predicted octanol–water partition coefficient (Wildman–Crippen LogP) is 4.34. The fraction of sp³-hybridized carbons (Fsp3) is 0.476. The second-order valence-corrected chi connectivity index (χ2v) is 8.05. The van der Waals surface area contributed by atoms with E-state index in [1.807, 2.05) is 13.1 Å². The van der Waals surface area contributed by atoms with Crippen LogP contribution < -0.4 is 10.6 Å². The first-order valence-corrected chi connectivity index (χ1v) is 10.8. The number of benzene rings is 1. The zero-order valence-corrected chi connectivity index (χ0v) is 20.8. The second-order valence-electron chi connectivity index (χ2n) is 7.16. The van der Waals surface area contributed by atoms with Gasteiger partial charge in [0.05, 0.1) is 21.7 Å². The number of fused-ring (bicyclic) bond motifs is 1. The molecule has 0 aliphatic heterocycles. The van der Waals surface area contributed by atoms with Crippen molar-refractivity contribution in [3.8, 4) is 0 Å². The van der Waals surface area contributed by atoms with Crippen molar-refractivity contribution >= 4 is 52.3 Å². The molecular formula is C21H31IN6S. The average molecular weight is 526 g/mol. The Morgan fingerprint density at radius 1 is 1.17 bits per heavy atom. The molecule has 2 aromatic heterocycles. The summed E-state index contributed by atoms with van der Waals surface area (Å²) in [5.41, 5.74) is 3.42. The first-order valence-electron chi connectivity index (χ1n) is 9.89. The molecule has 29 heavy (non-hydrogen) atoms.